The highest BCUT2D eigenvalue weighted by Gasteiger charge is 2.14. The second-order valence-corrected chi connectivity index (χ2v) is 3.73. The average Bonchev–Trinajstić information content (AvgIpc) is 2.72. The Kier molecular flexibility index (Phi) is 4.48. The number of rotatable bonds is 3. The van der Waals surface area contributed by atoms with E-state index in [0.717, 1.165) is 10.9 Å². The maximum Gasteiger partial charge on any atom is 0.272 e. The minimum absolute atomic E-state index is 0. The van der Waals surface area contributed by atoms with E-state index < -0.39 is 0 Å². The van der Waals surface area contributed by atoms with Gasteiger partial charge in [-0.25, -0.2) is 0 Å². The quantitative estimate of drug-likeness (QED) is 0.766. The van der Waals surface area contributed by atoms with E-state index in [1.807, 2.05) is 31.2 Å². The number of nitrogens with two attached hydrogens (primary N) is 1. The van der Waals surface area contributed by atoms with Crippen molar-refractivity contribution in [2.24, 2.45) is 5.73 Å². The van der Waals surface area contributed by atoms with E-state index in [9.17, 15) is 4.79 Å². The third-order valence-corrected chi connectivity index (χ3v) is 2.42. The molecule has 17 heavy (non-hydrogen) atoms. The third kappa shape index (κ3) is 2.75. The molecule has 0 saturated heterocycles. The molecule has 0 saturated carbocycles. The summed E-state index contributed by atoms with van der Waals surface area (Å²) in [5.41, 5.74) is 6.71. The molecule has 5 nitrogen and oxygen atoms in total. The van der Waals surface area contributed by atoms with Gasteiger partial charge in [0.25, 0.3) is 5.91 Å². The van der Waals surface area contributed by atoms with Crippen molar-refractivity contribution in [1.29, 1.82) is 0 Å². The molecular formula is C11H15ClN4O. The van der Waals surface area contributed by atoms with Gasteiger partial charge in [-0.05, 0) is 13.0 Å². The predicted molar refractivity (Wildman–Crippen MR) is 69.3 cm³/mol. The number of H-pyrrole nitrogens is 1. The summed E-state index contributed by atoms with van der Waals surface area (Å²) >= 11 is 0. The van der Waals surface area contributed by atoms with Crippen LogP contribution in [0.1, 0.15) is 17.4 Å². The maximum absolute atomic E-state index is 11.8. The number of carbonyl (C=O) groups is 1. The Hall–Kier alpha value is -1.59. The largest absolute Gasteiger partial charge is 0.347 e. The molecule has 1 aromatic heterocycles. The number of benzene rings is 1. The van der Waals surface area contributed by atoms with Gasteiger partial charge in [0, 0.05) is 18.0 Å². The van der Waals surface area contributed by atoms with Crippen LogP contribution in [0.15, 0.2) is 24.3 Å². The normalized spacial score (nSPS) is 11.9. The Balaban J connectivity index is 0.00000144. The zero-order valence-corrected chi connectivity index (χ0v) is 10.3. The predicted octanol–water partition coefficient (Wildman–Crippen LogP) is 1.06. The summed E-state index contributed by atoms with van der Waals surface area (Å²) in [6.45, 7) is 2.26. The Labute approximate surface area is 105 Å². The van der Waals surface area contributed by atoms with Crippen LogP contribution in [0.5, 0.6) is 0 Å². The van der Waals surface area contributed by atoms with Gasteiger partial charge in [-0.3, -0.25) is 9.89 Å². The molecule has 0 aliphatic carbocycles. The van der Waals surface area contributed by atoms with Crippen LogP contribution in [0.25, 0.3) is 10.9 Å². The minimum Gasteiger partial charge on any atom is -0.347 e. The van der Waals surface area contributed by atoms with E-state index in [4.69, 9.17) is 5.73 Å². The zero-order chi connectivity index (χ0) is 11.5. The number of carbonyl (C=O) groups excluding carboxylic acids is 1. The number of nitrogens with one attached hydrogen (secondary N) is 2. The van der Waals surface area contributed by atoms with E-state index in [1.54, 1.807) is 0 Å². The van der Waals surface area contributed by atoms with E-state index >= 15 is 0 Å². The molecule has 0 aliphatic heterocycles. The third-order valence-electron chi connectivity index (χ3n) is 2.42. The highest BCUT2D eigenvalue weighted by Crippen LogP contribution is 2.14. The van der Waals surface area contributed by atoms with Crippen LogP contribution in [0.2, 0.25) is 0 Å². The van der Waals surface area contributed by atoms with Crippen molar-refractivity contribution in [3.05, 3.63) is 30.0 Å². The molecule has 1 atom stereocenters. The van der Waals surface area contributed by atoms with E-state index in [-0.39, 0.29) is 24.4 Å². The van der Waals surface area contributed by atoms with Crippen molar-refractivity contribution in [2.75, 3.05) is 6.54 Å². The first-order valence-electron chi connectivity index (χ1n) is 5.16. The van der Waals surface area contributed by atoms with Crippen molar-refractivity contribution < 1.29 is 4.79 Å². The van der Waals surface area contributed by atoms with Gasteiger partial charge in [-0.15, -0.1) is 12.4 Å². The number of fused-ring (bicyclic) bond motifs is 1. The molecule has 6 heteroatoms. The summed E-state index contributed by atoms with van der Waals surface area (Å²) in [6, 6.07) is 7.46. The lowest BCUT2D eigenvalue weighted by atomic mass is 10.2. The summed E-state index contributed by atoms with van der Waals surface area (Å²) in [6.07, 6.45) is 0. The van der Waals surface area contributed by atoms with Gasteiger partial charge in [0.1, 0.15) is 0 Å². The fourth-order valence-corrected chi connectivity index (χ4v) is 1.49. The lowest BCUT2D eigenvalue weighted by molar-refractivity contribution is 0.0938. The van der Waals surface area contributed by atoms with Gasteiger partial charge in [0.2, 0.25) is 0 Å². The second-order valence-electron chi connectivity index (χ2n) is 3.73. The van der Waals surface area contributed by atoms with Crippen LogP contribution < -0.4 is 11.1 Å². The lowest BCUT2D eigenvalue weighted by Gasteiger charge is -2.09. The molecule has 1 heterocycles. The standard InChI is InChI=1S/C11H14N4O.ClH/c1-7(6-12)13-11(16)10-8-4-2-3-5-9(8)14-15-10;/h2-5,7H,6,12H2,1H3,(H,13,16)(H,14,15);1H/t7-;/m0./s1. The van der Waals surface area contributed by atoms with Gasteiger partial charge in [-0.1, -0.05) is 18.2 Å². The van der Waals surface area contributed by atoms with Crippen molar-refractivity contribution >= 4 is 29.2 Å². The summed E-state index contributed by atoms with van der Waals surface area (Å²) in [4.78, 5) is 11.8. The van der Waals surface area contributed by atoms with Crippen LogP contribution in [0.3, 0.4) is 0 Å². The molecule has 2 aromatic rings. The van der Waals surface area contributed by atoms with E-state index in [2.05, 4.69) is 15.5 Å². The summed E-state index contributed by atoms with van der Waals surface area (Å²) in [5, 5.41) is 10.4. The van der Waals surface area contributed by atoms with Crippen LogP contribution in [-0.4, -0.2) is 28.7 Å². The molecule has 0 radical (unpaired) electrons. The van der Waals surface area contributed by atoms with Gasteiger partial charge in [0.15, 0.2) is 5.69 Å². The number of aromatic nitrogens is 2. The number of aromatic amines is 1. The van der Waals surface area contributed by atoms with Crippen molar-refractivity contribution in [3.63, 3.8) is 0 Å². The molecule has 0 spiro atoms. The molecule has 1 aromatic carbocycles. The molecule has 4 N–H and O–H groups in total. The zero-order valence-electron chi connectivity index (χ0n) is 9.43. The molecule has 1 amide bonds. The monoisotopic (exact) mass is 254 g/mol. The molecule has 0 unspecified atom stereocenters. The number of para-hydroxylation sites is 1. The molecule has 0 aliphatic rings. The Bertz CT molecular complexity index is 511. The SMILES string of the molecule is C[C@@H](CN)NC(=O)c1n[nH]c2ccccc12.Cl. The second kappa shape index (κ2) is 5.65. The number of halogens is 1. The molecule has 92 valence electrons. The van der Waals surface area contributed by atoms with Gasteiger partial charge < -0.3 is 11.1 Å². The smallest absolute Gasteiger partial charge is 0.272 e. The lowest BCUT2D eigenvalue weighted by Crippen LogP contribution is -2.38. The van der Waals surface area contributed by atoms with Crippen molar-refractivity contribution in [2.45, 2.75) is 13.0 Å². The van der Waals surface area contributed by atoms with Crippen LogP contribution in [-0.2, 0) is 0 Å². The highest BCUT2D eigenvalue weighted by atomic mass is 35.5. The number of amides is 1. The van der Waals surface area contributed by atoms with Gasteiger partial charge in [0.05, 0.1) is 5.52 Å². The van der Waals surface area contributed by atoms with Crippen LogP contribution in [0.4, 0.5) is 0 Å². The first-order chi connectivity index (χ1) is 7.72. The Morgan fingerprint density at radius 2 is 2.24 bits per heavy atom. The highest BCUT2D eigenvalue weighted by molar-refractivity contribution is 6.04. The first kappa shape index (κ1) is 13.5. The molecule has 0 bridgehead atoms. The summed E-state index contributed by atoms with van der Waals surface area (Å²) < 4.78 is 0. The maximum atomic E-state index is 11.8. The fourth-order valence-electron chi connectivity index (χ4n) is 1.49. The molecule has 2 rings (SSSR count). The minimum atomic E-state index is -0.199. The van der Waals surface area contributed by atoms with Gasteiger partial charge in [-0.2, -0.15) is 5.10 Å². The fraction of sp³-hybridized carbons (Fsp3) is 0.273. The van der Waals surface area contributed by atoms with Crippen molar-refractivity contribution in [3.8, 4) is 0 Å². The first-order valence-corrected chi connectivity index (χ1v) is 5.16. The Morgan fingerprint density at radius 1 is 1.53 bits per heavy atom. The number of nitrogens with zero attached hydrogens (tertiary/aromatic N) is 1. The van der Waals surface area contributed by atoms with Crippen LogP contribution in [0, 0.1) is 0 Å². The van der Waals surface area contributed by atoms with E-state index in [1.165, 1.54) is 0 Å². The average molecular weight is 255 g/mol. The van der Waals surface area contributed by atoms with E-state index in [0.29, 0.717) is 12.2 Å². The van der Waals surface area contributed by atoms with Crippen molar-refractivity contribution in [1.82, 2.24) is 15.5 Å². The van der Waals surface area contributed by atoms with Gasteiger partial charge >= 0.3 is 0 Å². The number of hydrogen-bond donors (Lipinski definition) is 3. The summed E-state index contributed by atoms with van der Waals surface area (Å²) in [7, 11) is 0. The molecule has 0 fully saturated rings. The Morgan fingerprint density at radius 3 is 2.94 bits per heavy atom. The molecular weight excluding hydrogens is 240 g/mol. The summed E-state index contributed by atoms with van der Waals surface area (Å²) in [5.74, 6) is -0.199. The topological polar surface area (TPSA) is 83.8 Å². The number of hydrogen-bond acceptors (Lipinski definition) is 3. The van der Waals surface area contributed by atoms with Crippen LogP contribution >= 0.6 is 12.4 Å².